The van der Waals surface area contributed by atoms with E-state index in [-0.39, 0.29) is 11.8 Å². The molecule has 1 aromatic heterocycles. The Bertz CT molecular complexity index is 362. The van der Waals surface area contributed by atoms with Gasteiger partial charge in [-0.25, -0.2) is 0 Å². The fourth-order valence-corrected chi connectivity index (χ4v) is 1.41. The van der Waals surface area contributed by atoms with Crippen LogP contribution in [0.25, 0.3) is 0 Å². The molecule has 1 aromatic rings. The number of hydrogen-bond acceptors (Lipinski definition) is 3. The molecule has 88 valence electrons. The molecule has 0 aliphatic heterocycles. The summed E-state index contributed by atoms with van der Waals surface area (Å²) in [6, 6.07) is 3.34. The molecule has 0 saturated carbocycles. The fourth-order valence-electron chi connectivity index (χ4n) is 1.33. The highest BCUT2D eigenvalue weighted by atomic mass is 32.1. The fraction of sp³-hybridized carbons (Fsp3) is 0.455. The van der Waals surface area contributed by atoms with Crippen LogP contribution in [-0.4, -0.2) is 28.9 Å². The Kier molecular flexibility index (Phi) is 4.49. The molecule has 1 atom stereocenters. The highest BCUT2D eigenvalue weighted by Crippen LogP contribution is 2.08. The molecule has 0 aromatic carbocycles. The first-order valence-corrected chi connectivity index (χ1v) is 5.59. The van der Waals surface area contributed by atoms with Crippen molar-refractivity contribution in [2.45, 2.75) is 13.8 Å². The zero-order valence-corrected chi connectivity index (χ0v) is 10.3. The summed E-state index contributed by atoms with van der Waals surface area (Å²) in [7, 11) is 0. The minimum atomic E-state index is -0.129. The van der Waals surface area contributed by atoms with E-state index in [1.807, 2.05) is 13.8 Å². The van der Waals surface area contributed by atoms with E-state index >= 15 is 0 Å². The lowest BCUT2D eigenvalue weighted by molar-refractivity contribution is 0.0723. The first-order valence-electron chi connectivity index (χ1n) is 5.18. The molecule has 0 aliphatic carbocycles. The predicted octanol–water partition coefficient (Wildman–Crippen LogP) is 1.66. The summed E-state index contributed by atoms with van der Waals surface area (Å²) in [5.74, 6) is 0.224. The van der Waals surface area contributed by atoms with Crippen LogP contribution in [0.3, 0.4) is 0 Å². The lowest BCUT2D eigenvalue weighted by Gasteiger charge is -2.23. The van der Waals surface area contributed by atoms with Crippen LogP contribution in [0.2, 0.25) is 0 Å². The Morgan fingerprint density at radius 2 is 2.38 bits per heavy atom. The second kappa shape index (κ2) is 5.65. The van der Waals surface area contributed by atoms with Crippen molar-refractivity contribution in [2.75, 3.05) is 13.1 Å². The van der Waals surface area contributed by atoms with Crippen LogP contribution in [0.4, 0.5) is 0 Å². The molecule has 0 aliphatic rings. The monoisotopic (exact) mass is 240 g/mol. The Hall–Kier alpha value is -1.36. The van der Waals surface area contributed by atoms with E-state index in [0.29, 0.717) is 23.8 Å². The molecule has 5 heteroatoms. The summed E-state index contributed by atoms with van der Waals surface area (Å²) in [6.07, 6.45) is 1.48. The Balaban J connectivity index is 2.68. The molecule has 0 saturated heterocycles. The second-order valence-electron chi connectivity index (χ2n) is 3.62. The number of hydrogen-bond donors (Lipinski definition) is 1. The third-order valence-corrected chi connectivity index (χ3v) is 2.78. The summed E-state index contributed by atoms with van der Waals surface area (Å²) in [4.78, 5) is 14.0. The third-order valence-electron chi connectivity index (χ3n) is 2.38. The number of nitrogens with zero attached hydrogens (tertiary/aromatic N) is 1. The number of carbonyl (C=O) groups is 1. The van der Waals surface area contributed by atoms with Crippen LogP contribution in [0.5, 0.6) is 0 Å². The molecule has 1 rings (SSSR count). The van der Waals surface area contributed by atoms with Gasteiger partial charge in [-0.1, -0.05) is 19.1 Å². The van der Waals surface area contributed by atoms with E-state index in [0.717, 1.165) is 0 Å². The van der Waals surface area contributed by atoms with Gasteiger partial charge in [-0.15, -0.1) is 0 Å². The number of rotatable bonds is 5. The average molecular weight is 240 g/mol. The SMILES string of the molecule is CCN(CC(C)C(N)=S)C(=O)c1ccco1. The van der Waals surface area contributed by atoms with E-state index in [1.165, 1.54) is 6.26 Å². The molecular weight excluding hydrogens is 224 g/mol. The smallest absolute Gasteiger partial charge is 0.289 e. The van der Waals surface area contributed by atoms with Crippen molar-refractivity contribution in [1.82, 2.24) is 4.90 Å². The first-order chi connectivity index (χ1) is 7.56. The summed E-state index contributed by atoms with van der Waals surface area (Å²) in [5, 5.41) is 0. The molecular formula is C11H16N2O2S. The molecule has 0 bridgehead atoms. The van der Waals surface area contributed by atoms with Crippen LogP contribution in [0, 0.1) is 5.92 Å². The van der Waals surface area contributed by atoms with Gasteiger partial charge in [0.25, 0.3) is 5.91 Å². The van der Waals surface area contributed by atoms with Crippen molar-refractivity contribution in [1.29, 1.82) is 0 Å². The average Bonchev–Trinajstić information content (AvgIpc) is 2.77. The van der Waals surface area contributed by atoms with Gasteiger partial charge >= 0.3 is 0 Å². The zero-order chi connectivity index (χ0) is 12.1. The van der Waals surface area contributed by atoms with Gasteiger partial charge in [0.05, 0.1) is 11.3 Å². The van der Waals surface area contributed by atoms with Crippen LogP contribution in [0.1, 0.15) is 24.4 Å². The van der Waals surface area contributed by atoms with E-state index in [2.05, 4.69) is 0 Å². The summed E-state index contributed by atoms with van der Waals surface area (Å²) in [6.45, 7) is 4.94. The molecule has 1 heterocycles. The standard InChI is InChI=1S/C11H16N2O2S/c1-3-13(7-8(2)10(12)16)11(14)9-5-4-6-15-9/h4-6,8H,3,7H2,1-2H3,(H2,12,16). The molecule has 0 fully saturated rings. The summed E-state index contributed by atoms with van der Waals surface area (Å²) in [5.41, 5.74) is 5.53. The minimum absolute atomic E-state index is 0.00821. The molecule has 16 heavy (non-hydrogen) atoms. The topological polar surface area (TPSA) is 59.5 Å². The van der Waals surface area contributed by atoms with Gasteiger partial charge in [-0.3, -0.25) is 4.79 Å². The summed E-state index contributed by atoms with van der Waals surface area (Å²) < 4.78 is 5.06. The van der Waals surface area contributed by atoms with Crippen molar-refractivity contribution >= 4 is 23.1 Å². The highest BCUT2D eigenvalue weighted by Gasteiger charge is 2.19. The number of nitrogens with two attached hydrogens (primary N) is 1. The number of carbonyl (C=O) groups excluding carboxylic acids is 1. The maximum atomic E-state index is 11.9. The Morgan fingerprint density at radius 3 is 2.81 bits per heavy atom. The zero-order valence-electron chi connectivity index (χ0n) is 9.47. The molecule has 1 unspecified atom stereocenters. The van der Waals surface area contributed by atoms with Gasteiger partial charge in [0.15, 0.2) is 5.76 Å². The van der Waals surface area contributed by atoms with Crippen molar-refractivity contribution < 1.29 is 9.21 Å². The van der Waals surface area contributed by atoms with E-state index in [1.54, 1.807) is 17.0 Å². The maximum Gasteiger partial charge on any atom is 0.289 e. The second-order valence-corrected chi connectivity index (χ2v) is 4.10. The maximum absolute atomic E-state index is 11.9. The molecule has 4 nitrogen and oxygen atoms in total. The first kappa shape index (κ1) is 12.7. The van der Waals surface area contributed by atoms with Crippen LogP contribution in [-0.2, 0) is 0 Å². The van der Waals surface area contributed by atoms with E-state index in [4.69, 9.17) is 22.4 Å². The van der Waals surface area contributed by atoms with Crippen LogP contribution in [0.15, 0.2) is 22.8 Å². The molecule has 1 amide bonds. The summed E-state index contributed by atoms with van der Waals surface area (Å²) >= 11 is 4.89. The largest absolute Gasteiger partial charge is 0.459 e. The molecule has 0 spiro atoms. The lowest BCUT2D eigenvalue weighted by Crippen LogP contribution is -2.37. The quantitative estimate of drug-likeness (QED) is 0.795. The molecule has 2 N–H and O–H groups in total. The van der Waals surface area contributed by atoms with Gasteiger partial charge in [-0.05, 0) is 19.1 Å². The predicted molar refractivity (Wildman–Crippen MR) is 66.2 cm³/mol. The normalized spacial score (nSPS) is 12.1. The van der Waals surface area contributed by atoms with Crippen LogP contribution >= 0.6 is 12.2 Å². The number of furan rings is 1. The molecule has 0 radical (unpaired) electrons. The van der Waals surface area contributed by atoms with Gasteiger partial charge < -0.3 is 15.1 Å². The van der Waals surface area contributed by atoms with Gasteiger partial charge in [-0.2, -0.15) is 0 Å². The van der Waals surface area contributed by atoms with Crippen molar-refractivity contribution in [3.63, 3.8) is 0 Å². The van der Waals surface area contributed by atoms with Gasteiger partial charge in [0.1, 0.15) is 0 Å². The van der Waals surface area contributed by atoms with Gasteiger partial charge in [0.2, 0.25) is 0 Å². The number of amides is 1. The Labute approximate surface area is 100 Å². The number of thiocarbonyl (C=S) groups is 1. The Morgan fingerprint density at radius 1 is 1.69 bits per heavy atom. The van der Waals surface area contributed by atoms with Crippen molar-refractivity contribution in [3.8, 4) is 0 Å². The van der Waals surface area contributed by atoms with Gasteiger partial charge in [0, 0.05) is 19.0 Å². The minimum Gasteiger partial charge on any atom is -0.459 e. The third kappa shape index (κ3) is 3.06. The van der Waals surface area contributed by atoms with E-state index < -0.39 is 0 Å². The van der Waals surface area contributed by atoms with Crippen molar-refractivity contribution in [2.24, 2.45) is 11.7 Å². The van der Waals surface area contributed by atoms with Crippen LogP contribution < -0.4 is 5.73 Å². The highest BCUT2D eigenvalue weighted by molar-refractivity contribution is 7.80. The van der Waals surface area contributed by atoms with Crippen molar-refractivity contribution in [3.05, 3.63) is 24.2 Å². The van der Waals surface area contributed by atoms with E-state index in [9.17, 15) is 4.79 Å². The lowest BCUT2D eigenvalue weighted by atomic mass is 10.1.